The van der Waals surface area contributed by atoms with E-state index < -0.39 is 0 Å². The minimum atomic E-state index is 0. The number of benzene rings is 1. The summed E-state index contributed by atoms with van der Waals surface area (Å²) in [5.41, 5.74) is 1.20. The van der Waals surface area contributed by atoms with Gasteiger partial charge in [-0.1, -0.05) is 12.1 Å². The van der Waals surface area contributed by atoms with Crippen LogP contribution in [-0.4, -0.2) is 43.6 Å². The van der Waals surface area contributed by atoms with Gasteiger partial charge in [0.1, 0.15) is 5.75 Å². The summed E-state index contributed by atoms with van der Waals surface area (Å²) in [4.78, 5) is 14.5. The molecule has 2 aliphatic rings. The highest BCUT2D eigenvalue weighted by Gasteiger charge is 2.22. The largest absolute Gasteiger partial charge is 0.490 e. The molecular weight excluding hydrogens is 348 g/mol. The van der Waals surface area contributed by atoms with Crippen molar-refractivity contribution in [2.45, 2.75) is 57.5 Å². The third kappa shape index (κ3) is 6.17. The van der Waals surface area contributed by atoms with Gasteiger partial charge in [0.15, 0.2) is 0 Å². The molecule has 1 N–H and O–H groups in total. The van der Waals surface area contributed by atoms with Crippen LogP contribution in [0.15, 0.2) is 24.3 Å². The van der Waals surface area contributed by atoms with Crippen LogP contribution in [0, 0.1) is 5.92 Å². The first-order valence-electron chi connectivity index (χ1n) is 9.92. The highest BCUT2D eigenvalue weighted by Crippen LogP contribution is 2.25. The lowest BCUT2D eigenvalue weighted by atomic mass is 9.96. The Balaban J connectivity index is 0.00000243. The van der Waals surface area contributed by atoms with Crippen LogP contribution in [0.4, 0.5) is 0 Å². The summed E-state index contributed by atoms with van der Waals surface area (Å²) in [6.07, 6.45) is 8.94. The molecule has 0 radical (unpaired) electrons. The lowest BCUT2D eigenvalue weighted by Gasteiger charge is -2.32. The Hall–Kier alpha value is -1.26. The maximum absolute atomic E-state index is 12.5. The number of aryl methyl sites for hydroxylation is 1. The van der Waals surface area contributed by atoms with Crippen molar-refractivity contribution in [2.24, 2.45) is 5.92 Å². The molecule has 146 valence electrons. The molecule has 26 heavy (non-hydrogen) atoms. The van der Waals surface area contributed by atoms with Crippen LogP contribution >= 0.6 is 12.4 Å². The Labute approximate surface area is 164 Å². The van der Waals surface area contributed by atoms with Crippen molar-refractivity contribution in [1.82, 2.24) is 10.2 Å². The van der Waals surface area contributed by atoms with Gasteiger partial charge >= 0.3 is 0 Å². The Morgan fingerprint density at radius 3 is 2.62 bits per heavy atom. The maximum atomic E-state index is 12.5. The van der Waals surface area contributed by atoms with E-state index in [4.69, 9.17) is 4.74 Å². The first-order chi connectivity index (χ1) is 12.2. The van der Waals surface area contributed by atoms with Crippen molar-refractivity contribution < 1.29 is 9.53 Å². The Morgan fingerprint density at radius 1 is 1.19 bits per heavy atom. The molecule has 1 aromatic carbocycles. The summed E-state index contributed by atoms with van der Waals surface area (Å²) in [5, 5.41) is 3.24. The quantitative estimate of drug-likeness (QED) is 0.781. The number of nitrogens with one attached hydrogen (secondary N) is 1. The lowest BCUT2D eigenvalue weighted by Crippen LogP contribution is -2.40. The van der Waals surface area contributed by atoms with Crippen LogP contribution in [-0.2, 0) is 11.2 Å². The van der Waals surface area contributed by atoms with Gasteiger partial charge in [0.05, 0.1) is 6.10 Å². The van der Waals surface area contributed by atoms with Crippen LogP contribution in [0.2, 0.25) is 0 Å². The summed E-state index contributed by atoms with van der Waals surface area (Å²) in [6.45, 7) is 2.89. The first kappa shape index (κ1) is 21.0. The van der Waals surface area contributed by atoms with Crippen LogP contribution in [0.3, 0.4) is 0 Å². The number of piperidine rings is 1. The van der Waals surface area contributed by atoms with Gasteiger partial charge in [0.2, 0.25) is 5.91 Å². The van der Waals surface area contributed by atoms with Gasteiger partial charge in [-0.3, -0.25) is 4.79 Å². The normalized spacial score (nSPS) is 18.6. The predicted molar refractivity (Wildman–Crippen MR) is 108 cm³/mol. The fourth-order valence-corrected chi connectivity index (χ4v) is 4.06. The van der Waals surface area contributed by atoms with E-state index in [0.29, 0.717) is 18.4 Å². The number of ether oxygens (including phenoxy) is 1. The van der Waals surface area contributed by atoms with Crippen molar-refractivity contribution in [2.75, 3.05) is 26.7 Å². The minimum Gasteiger partial charge on any atom is -0.490 e. The van der Waals surface area contributed by atoms with Gasteiger partial charge in [-0.25, -0.2) is 0 Å². The number of nitrogens with zero attached hydrogens (tertiary/aromatic N) is 1. The molecule has 2 fully saturated rings. The zero-order chi connectivity index (χ0) is 17.5. The Morgan fingerprint density at radius 2 is 1.92 bits per heavy atom. The molecule has 0 spiro atoms. The molecule has 0 unspecified atom stereocenters. The third-order valence-corrected chi connectivity index (χ3v) is 5.59. The number of carbonyl (C=O) groups is 1. The van der Waals surface area contributed by atoms with Gasteiger partial charge in [-0.15, -0.1) is 12.4 Å². The van der Waals surface area contributed by atoms with E-state index in [2.05, 4.69) is 17.4 Å². The molecule has 0 bridgehead atoms. The molecule has 1 aliphatic heterocycles. The summed E-state index contributed by atoms with van der Waals surface area (Å²) in [7, 11) is 2.00. The van der Waals surface area contributed by atoms with Gasteiger partial charge in [-0.2, -0.15) is 0 Å². The molecule has 0 aromatic heterocycles. The average molecular weight is 381 g/mol. The monoisotopic (exact) mass is 380 g/mol. The topological polar surface area (TPSA) is 41.6 Å². The van der Waals surface area contributed by atoms with E-state index in [-0.39, 0.29) is 12.4 Å². The summed E-state index contributed by atoms with van der Waals surface area (Å²) in [5.74, 6) is 1.98. The molecule has 5 heteroatoms. The third-order valence-electron chi connectivity index (χ3n) is 5.59. The highest BCUT2D eigenvalue weighted by atomic mass is 35.5. The molecule has 1 aliphatic carbocycles. The second-order valence-corrected chi connectivity index (χ2v) is 7.55. The molecule has 1 aromatic rings. The zero-order valence-electron chi connectivity index (χ0n) is 15.9. The first-order valence-corrected chi connectivity index (χ1v) is 9.92. The number of amides is 1. The average Bonchev–Trinajstić information content (AvgIpc) is 3.14. The highest BCUT2D eigenvalue weighted by molar-refractivity contribution is 5.85. The number of rotatable bonds is 7. The maximum Gasteiger partial charge on any atom is 0.222 e. The van der Waals surface area contributed by atoms with Crippen LogP contribution in [0.25, 0.3) is 0 Å². The number of hydrogen-bond donors (Lipinski definition) is 1. The second-order valence-electron chi connectivity index (χ2n) is 7.55. The molecule has 3 rings (SSSR count). The molecule has 1 amide bonds. The molecular formula is C21H33ClN2O2. The van der Waals surface area contributed by atoms with Gasteiger partial charge in [0.25, 0.3) is 0 Å². The fourth-order valence-electron chi connectivity index (χ4n) is 4.06. The van der Waals surface area contributed by atoms with Crippen LogP contribution in [0.1, 0.15) is 50.5 Å². The van der Waals surface area contributed by atoms with Crippen molar-refractivity contribution in [3.05, 3.63) is 29.8 Å². The summed E-state index contributed by atoms with van der Waals surface area (Å²) in [6, 6.07) is 8.31. The number of halogens is 1. The van der Waals surface area contributed by atoms with E-state index >= 15 is 0 Å². The zero-order valence-corrected chi connectivity index (χ0v) is 16.7. The molecule has 1 saturated carbocycles. The molecule has 1 saturated heterocycles. The second kappa shape index (κ2) is 10.8. The van der Waals surface area contributed by atoms with E-state index in [1.807, 2.05) is 24.1 Å². The van der Waals surface area contributed by atoms with Gasteiger partial charge < -0.3 is 15.0 Å². The lowest BCUT2D eigenvalue weighted by molar-refractivity contribution is -0.132. The summed E-state index contributed by atoms with van der Waals surface area (Å²) >= 11 is 0. The van der Waals surface area contributed by atoms with Crippen molar-refractivity contribution in [3.8, 4) is 5.75 Å². The standard InChI is InChI=1S/C21H32N2O2.ClH/c1-22-16-18-11-13-23(14-12-18)21(24)10-9-17-5-4-8-20(15-17)25-19-6-2-3-7-19;/h4-5,8,15,18-19,22H,2-3,6-7,9-14,16H2,1H3;1H. The SMILES string of the molecule is CNCC1CCN(C(=O)CCc2cccc(OC3CCCC3)c2)CC1.Cl. The number of carbonyl (C=O) groups excluding carboxylic acids is 1. The Bertz CT molecular complexity index is 553. The fraction of sp³-hybridized carbons (Fsp3) is 0.667. The molecule has 1 heterocycles. The smallest absolute Gasteiger partial charge is 0.222 e. The van der Waals surface area contributed by atoms with Crippen molar-refractivity contribution >= 4 is 18.3 Å². The van der Waals surface area contributed by atoms with E-state index in [1.165, 1.54) is 31.2 Å². The van der Waals surface area contributed by atoms with E-state index in [0.717, 1.165) is 50.6 Å². The molecule has 0 atom stereocenters. The molecule has 4 nitrogen and oxygen atoms in total. The van der Waals surface area contributed by atoms with Crippen molar-refractivity contribution in [1.29, 1.82) is 0 Å². The van der Waals surface area contributed by atoms with Gasteiger partial charge in [-0.05, 0) is 82.2 Å². The van der Waals surface area contributed by atoms with Gasteiger partial charge in [0, 0.05) is 19.5 Å². The number of hydrogen-bond acceptors (Lipinski definition) is 3. The van der Waals surface area contributed by atoms with Crippen LogP contribution < -0.4 is 10.1 Å². The number of likely N-dealkylation sites (tertiary alicyclic amines) is 1. The van der Waals surface area contributed by atoms with E-state index in [1.54, 1.807) is 0 Å². The summed E-state index contributed by atoms with van der Waals surface area (Å²) < 4.78 is 6.07. The van der Waals surface area contributed by atoms with Crippen molar-refractivity contribution in [3.63, 3.8) is 0 Å². The minimum absolute atomic E-state index is 0. The predicted octanol–water partition coefficient (Wildman–Crippen LogP) is 3.82. The van der Waals surface area contributed by atoms with E-state index in [9.17, 15) is 4.79 Å². The Kier molecular flexibility index (Phi) is 8.73. The van der Waals surface area contributed by atoms with Crippen LogP contribution in [0.5, 0.6) is 5.75 Å².